The molecule has 3 aliphatic heterocycles. The first kappa shape index (κ1) is 19.5. The molecule has 0 N–H and O–H groups in total. The highest BCUT2D eigenvalue weighted by molar-refractivity contribution is 7.92. The SMILES string of the molecule is CS(=O)(=O)N1CCc2cc(C(=O)N3[C@H]4CC[C@H]3CC(c3ccc(F)cc3)C4)ccc21. The Hall–Kier alpha value is -2.41. The monoisotopic (exact) mass is 428 g/mol. The van der Waals surface area contributed by atoms with Crippen LogP contribution in [0.1, 0.15) is 53.1 Å². The molecule has 1 amide bonds. The van der Waals surface area contributed by atoms with Crippen LogP contribution in [0.2, 0.25) is 0 Å². The number of piperidine rings is 1. The number of sulfonamides is 1. The molecule has 0 aromatic heterocycles. The third-order valence-electron chi connectivity index (χ3n) is 6.89. The van der Waals surface area contributed by atoms with Crippen molar-refractivity contribution in [1.29, 1.82) is 0 Å². The largest absolute Gasteiger partial charge is 0.333 e. The van der Waals surface area contributed by atoms with Gasteiger partial charge in [-0.25, -0.2) is 12.8 Å². The van der Waals surface area contributed by atoms with Crippen molar-refractivity contribution in [2.45, 2.75) is 50.1 Å². The zero-order valence-electron chi connectivity index (χ0n) is 16.9. The molecule has 5 rings (SSSR count). The lowest BCUT2D eigenvalue weighted by Gasteiger charge is -2.39. The number of carbonyl (C=O) groups is 1. The van der Waals surface area contributed by atoms with Gasteiger partial charge in [-0.3, -0.25) is 9.10 Å². The van der Waals surface area contributed by atoms with E-state index < -0.39 is 10.0 Å². The highest BCUT2D eigenvalue weighted by Gasteiger charge is 2.44. The van der Waals surface area contributed by atoms with Gasteiger partial charge >= 0.3 is 0 Å². The Morgan fingerprint density at radius 1 is 1.03 bits per heavy atom. The van der Waals surface area contributed by atoms with Crippen LogP contribution in [0.5, 0.6) is 0 Å². The molecule has 2 aromatic rings. The van der Waals surface area contributed by atoms with Gasteiger partial charge < -0.3 is 4.90 Å². The Labute approximate surface area is 176 Å². The number of halogens is 1. The van der Waals surface area contributed by atoms with Crippen molar-refractivity contribution in [2.24, 2.45) is 0 Å². The van der Waals surface area contributed by atoms with Crippen molar-refractivity contribution >= 4 is 21.6 Å². The maximum atomic E-state index is 13.4. The van der Waals surface area contributed by atoms with Crippen LogP contribution in [0.15, 0.2) is 42.5 Å². The fraction of sp³-hybridized carbons (Fsp3) is 0.435. The van der Waals surface area contributed by atoms with Crippen LogP contribution in [0.3, 0.4) is 0 Å². The first-order chi connectivity index (χ1) is 14.3. The van der Waals surface area contributed by atoms with Crippen LogP contribution in [0.4, 0.5) is 10.1 Å². The lowest BCUT2D eigenvalue weighted by molar-refractivity contribution is 0.0571. The number of benzene rings is 2. The molecule has 3 aliphatic rings. The number of hydrogen-bond donors (Lipinski definition) is 0. The first-order valence-corrected chi connectivity index (χ1v) is 12.3. The molecule has 0 radical (unpaired) electrons. The maximum Gasteiger partial charge on any atom is 0.254 e. The summed E-state index contributed by atoms with van der Waals surface area (Å²) in [7, 11) is -3.30. The van der Waals surface area contributed by atoms with E-state index in [1.54, 1.807) is 12.1 Å². The van der Waals surface area contributed by atoms with Gasteiger partial charge in [-0.2, -0.15) is 0 Å². The number of amides is 1. The second-order valence-electron chi connectivity index (χ2n) is 8.75. The van der Waals surface area contributed by atoms with E-state index in [0.717, 1.165) is 36.8 Å². The summed E-state index contributed by atoms with van der Waals surface area (Å²) in [6.07, 6.45) is 5.65. The minimum Gasteiger partial charge on any atom is -0.333 e. The minimum absolute atomic E-state index is 0.0423. The predicted molar refractivity (Wildman–Crippen MR) is 114 cm³/mol. The quantitative estimate of drug-likeness (QED) is 0.749. The zero-order chi connectivity index (χ0) is 21.0. The van der Waals surface area contributed by atoms with Crippen molar-refractivity contribution in [3.05, 3.63) is 65.0 Å². The highest BCUT2D eigenvalue weighted by Crippen LogP contribution is 2.44. The molecule has 2 saturated heterocycles. The van der Waals surface area contributed by atoms with Crippen molar-refractivity contribution in [3.63, 3.8) is 0 Å². The summed E-state index contributed by atoms with van der Waals surface area (Å²) in [5.41, 5.74) is 3.40. The molecule has 3 heterocycles. The van der Waals surface area contributed by atoms with Gasteiger partial charge in [-0.1, -0.05) is 12.1 Å². The molecule has 2 atom stereocenters. The van der Waals surface area contributed by atoms with E-state index in [-0.39, 0.29) is 23.8 Å². The second kappa shape index (κ2) is 7.08. The predicted octanol–water partition coefficient (Wildman–Crippen LogP) is 3.70. The van der Waals surface area contributed by atoms with E-state index in [9.17, 15) is 17.6 Å². The first-order valence-electron chi connectivity index (χ1n) is 10.5. The topological polar surface area (TPSA) is 57.7 Å². The summed E-state index contributed by atoms with van der Waals surface area (Å²) in [4.78, 5) is 15.4. The van der Waals surface area contributed by atoms with E-state index in [0.29, 0.717) is 30.1 Å². The molecule has 0 saturated carbocycles. The molecule has 5 nitrogen and oxygen atoms in total. The number of carbonyl (C=O) groups excluding carboxylic acids is 1. The molecular weight excluding hydrogens is 403 g/mol. The van der Waals surface area contributed by atoms with Gasteiger partial charge in [-0.15, -0.1) is 0 Å². The number of rotatable bonds is 3. The van der Waals surface area contributed by atoms with Crippen LogP contribution in [0.25, 0.3) is 0 Å². The van der Waals surface area contributed by atoms with Crippen LogP contribution < -0.4 is 4.31 Å². The Morgan fingerprint density at radius 2 is 1.70 bits per heavy atom. The molecule has 0 spiro atoms. The molecule has 0 aliphatic carbocycles. The van der Waals surface area contributed by atoms with Gasteiger partial charge in [0.25, 0.3) is 5.91 Å². The van der Waals surface area contributed by atoms with E-state index in [1.165, 1.54) is 22.7 Å². The van der Waals surface area contributed by atoms with Gasteiger partial charge in [-0.05, 0) is 79.5 Å². The van der Waals surface area contributed by atoms with Crippen molar-refractivity contribution in [2.75, 3.05) is 17.1 Å². The van der Waals surface area contributed by atoms with E-state index in [4.69, 9.17) is 0 Å². The molecule has 2 bridgehead atoms. The highest BCUT2D eigenvalue weighted by atomic mass is 32.2. The second-order valence-corrected chi connectivity index (χ2v) is 10.7. The molecule has 7 heteroatoms. The number of nitrogens with zero attached hydrogens (tertiary/aromatic N) is 2. The van der Waals surface area contributed by atoms with Crippen molar-refractivity contribution in [1.82, 2.24) is 4.90 Å². The summed E-state index contributed by atoms with van der Waals surface area (Å²) < 4.78 is 38.6. The summed E-state index contributed by atoms with van der Waals surface area (Å²) >= 11 is 0. The average Bonchev–Trinajstić information content (AvgIpc) is 3.25. The summed E-state index contributed by atoms with van der Waals surface area (Å²) in [5.74, 6) is 0.177. The maximum absolute atomic E-state index is 13.4. The summed E-state index contributed by atoms with van der Waals surface area (Å²) in [5, 5.41) is 0. The Balaban J connectivity index is 1.36. The molecule has 30 heavy (non-hydrogen) atoms. The number of hydrogen-bond acceptors (Lipinski definition) is 3. The van der Waals surface area contributed by atoms with E-state index in [2.05, 4.69) is 0 Å². The van der Waals surface area contributed by atoms with Crippen molar-refractivity contribution in [3.8, 4) is 0 Å². The molecular formula is C23H25FN2O3S. The average molecular weight is 429 g/mol. The van der Waals surface area contributed by atoms with Gasteiger partial charge in [0, 0.05) is 24.2 Å². The third kappa shape index (κ3) is 3.29. The lowest BCUT2D eigenvalue weighted by atomic mass is 9.84. The van der Waals surface area contributed by atoms with Gasteiger partial charge in [0.05, 0.1) is 11.9 Å². The third-order valence-corrected chi connectivity index (χ3v) is 8.07. The van der Waals surface area contributed by atoms with Crippen molar-refractivity contribution < 1.29 is 17.6 Å². The van der Waals surface area contributed by atoms with Crippen LogP contribution in [-0.4, -0.2) is 44.1 Å². The minimum atomic E-state index is -3.30. The smallest absolute Gasteiger partial charge is 0.254 e. The molecule has 158 valence electrons. The fourth-order valence-corrected chi connectivity index (χ4v) is 6.47. The number of anilines is 1. The molecule has 0 unspecified atom stereocenters. The lowest BCUT2D eigenvalue weighted by Crippen LogP contribution is -2.46. The van der Waals surface area contributed by atoms with Gasteiger partial charge in [0.2, 0.25) is 10.0 Å². The van der Waals surface area contributed by atoms with E-state index in [1.807, 2.05) is 23.1 Å². The van der Waals surface area contributed by atoms with Gasteiger partial charge in [0.1, 0.15) is 5.82 Å². The van der Waals surface area contributed by atoms with Crippen LogP contribution in [-0.2, 0) is 16.4 Å². The Morgan fingerprint density at radius 3 is 2.33 bits per heavy atom. The van der Waals surface area contributed by atoms with Crippen LogP contribution in [0, 0.1) is 5.82 Å². The standard InChI is InChI=1S/C23H25FN2O3S/c1-30(28,29)25-11-10-16-12-17(4-9-22(16)25)23(27)26-20-7-8-21(26)14-18(13-20)15-2-5-19(24)6-3-15/h2-6,9,12,18,20-21H,7-8,10-11,13-14H2,1H3/t20-,21-/m0/s1. The van der Waals surface area contributed by atoms with E-state index >= 15 is 0 Å². The van der Waals surface area contributed by atoms with Gasteiger partial charge in [0.15, 0.2) is 0 Å². The summed E-state index contributed by atoms with van der Waals surface area (Å²) in [6.45, 7) is 0.431. The summed E-state index contributed by atoms with van der Waals surface area (Å²) in [6, 6.07) is 12.6. The number of fused-ring (bicyclic) bond motifs is 3. The Bertz CT molecular complexity index is 1090. The van der Waals surface area contributed by atoms with Crippen LogP contribution >= 0.6 is 0 Å². The normalized spacial score (nSPS) is 25.5. The molecule has 2 aromatic carbocycles. The molecule has 2 fully saturated rings. The Kier molecular flexibility index (Phi) is 4.61. The zero-order valence-corrected chi connectivity index (χ0v) is 17.7. The fourth-order valence-electron chi connectivity index (χ4n) is 5.51.